The molecule has 58 heavy (non-hydrogen) atoms. The van der Waals surface area contributed by atoms with Gasteiger partial charge in [-0.1, -0.05) is 150 Å². The number of nitrogens with zero attached hydrogens (tertiary/aromatic N) is 2. The Morgan fingerprint density at radius 3 is 1.38 bits per heavy atom. The van der Waals surface area contributed by atoms with Crippen molar-refractivity contribution in [1.82, 2.24) is 0 Å². The molecule has 2 aliphatic carbocycles. The van der Waals surface area contributed by atoms with Gasteiger partial charge >= 0.3 is 0 Å². The van der Waals surface area contributed by atoms with Gasteiger partial charge < -0.3 is 9.80 Å². The molecule has 0 aromatic heterocycles. The van der Waals surface area contributed by atoms with Gasteiger partial charge in [0.25, 0.3) is 0 Å². The van der Waals surface area contributed by atoms with Crippen LogP contribution in [0.15, 0.2) is 189 Å². The molecule has 0 heterocycles. The molecule has 0 saturated heterocycles. The standard InChI is InChI=1S/C56H52N2/c1-8-33-55(6,7)40-26-30-47-46-29-25-39(54(3,4)5)35-50(46)56(51(47)36-40)52-37-44(57(34-9-2)41-19-13-10-14-20-41)27-31-48(52)49-32-28-45(38-53(49)56)58(42-21-15-11-16-22-42)43-23-17-12-18-24-43/h8-32,35-38H,1-2,33-34H2,3-7H3. The topological polar surface area (TPSA) is 6.48 Å². The van der Waals surface area contributed by atoms with E-state index in [-0.39, 0.29) is 10.8 Å². The van der Waals surface area contributed by atoms with Gasteiger partial charge in [-0.3, -0.25) is 0 Å². The van der Waals surface area contributed by atoms with Crippen LogP contribution in [0.4, 0.5) is 28.4 Å². The summed E-state index contributed by atoms with van der Waals surface area (Å²) < 4.78 is 0. The third-order valence-corrected chi connectivity index (χ3v) is 12.5. The predicted octanol–water partition coefficient (Wildman–Crippen LogP) is 15.0. The molecule has 0 aliphatic heterocycles. The highest BCUT2D eigenvalue weighted by atomic mass is 15.1. The minimum Gasteiger partial charge on any atom is -0.338 e. The monoisotopic (exact) mass is 752 g/mol. The first-order valence-corrected chi connectivity index (χ1v) is 20.6. The average Bonchev–Trinajstić information content (AvgIpc) is 3.69. The summed E-state index contributed by atoms with van der Waals surface area (Å²) in [6, 6.07) is 61.2. The number of benzene rings is 7. The third kappa shape index (κ3) is 5.93. The van der Waals surface area contributed by atoms with Gasteiger partial charge in [-0.15, -0.1) is 13.2 Å². The molecule has 2 aliphatic rings. The van der Waals surface area contributed by atoms with E-state index in [1.54, 1.807) is 0 Å². The van der Waals surface area contributed by atoms with Gasteiger partial charge in [-0.2, -0.15) is 0 Å². The smallest absolute Gasteiger partial charge is 0.0727 e. The van der Waals surface area contributed by atoms with Crippen LogP contribution in [0.1, 0.15) is 74.4 Å². The van der Waals surface area contributed by atoms with Crippen molar-refractivity contribution in [3.8, 4) is 22.3 Å². The number of para-hydroxylation sites is 3. The van der Waals surface area contributed by atoms with Crippen LogP contribution in [-0.4, -0.2) is 6.54 Å². The number of fused-ring (bicyclic) bond motifs is 10. The molecule has 1 atom stereocenters. The minimum atomic E-state index is -0.585. The minimum absolute atomic E-state index is 0.0401. The number of hydrogen-bond donors (Lipinski definition) is 0. The van der Waals surface area contributed by atoms with E-state index < -0.39 is 5.41 Å². The highest BCUT2D eigenvalue weighted by Crippen LogP contribution is 2.64. The molecule has 1 unspecified atom stereocenters. The van der Waals surface area contributed by atoms with Gasteiger partial charge in [0.2, 0.25) is 0 Å². The van der Waals surface area contributed by atoms with E-state index >= 15 is 0 Å². The molecule has 0 amide bonds. The zero-order valence-corrected chi connectivity index (χ0v) is 34.5. The average molecular weight is 753 g/mol. The second kappa shape index (κ2) is 14.2. The molecule has 1 spiro atoms. The first-order chi connectivity index (χ1) is 28.1. The van der Waals surface area contributed by atoms with Crippen LogP contribution < -0.4 is 9.80 Å². The Bertz CT molecular complexity index is 2630. The van der Waals surface area contributed by atoms with Crippen LogP contribution >= 0.6 is 0 Å². The molecule has 0 saturated carbocycles. The molecule has 2 nitrogen and oxygen atoms in total. The Balaban J connectivity index is 1.40. The van der Waals surface area contributed by atoms with Gasteiger partial charge in [-0.25, -0.2) is 0 Å². The number of allylic oxidation sites excluding steroid dienone is 1. The highest BCUT2D eigenvalue weighted by Gasteiger charge is 2.53. The molecule has 7 aromatic rings. The maximum Gasteiger partial charge on any atom is 0.0727 e. The molecular formula is C56H52N2. The summed E-state index contributed by atoms with van der Waals surface area (Å²) in [4.78, 5) is 4.78. The summed E-state index contributed by atoms with van der Waals surface area (Å²) in [5.74, 6) is 0. The van der Waals surface area contributed by atoms with Crippen molar-refractivity contribution in [2.45, 2.75) is 57.3 Å². The van der Waals surface area contributed by atoms with Crippen molar-refractivity contribution in [2.24, 2.45) is 0 Å². The van der Waals surface area contributed by atoms with Crippen molar-refractivity contribution in [3.63, 3.8) is 0 Å². The van der Waals surface area contributed by atoms with E-state index in [4.69, 9.17) is 0 Å². The predicted molar refractivity (Wildman–Crippen MR) is 248 cm³/mol. The van der Waals surface area contributed by atoms with Gasteiger partial charge in [0, 0.05) is 35.0 Å². The number of rotatable bonds is 10. The highest BCUT2D eigenvalue weighted by molar-refractivity contribution is 5.97. The van der Waals surface area contributed by atoms with E-state index in [9.17, 15) is 0 Å². The van der Waals surface area contributed by atoms with Gasteiger partial charge in [-0.05, 0) is 134 Å². The van der Waals surface area contributed by atoms with Crippen molar-refractivity contribution < 1.29 is 0 Å². The van der Waals surface area contributed by atoms with Crippen LogP contribution in [-0.2, 0) is 16.2 Å². The fraction of sp³-hybridized carbons (Fsp3) is 0.179. The molecule has 0 bridgehead atoms. The van der Waals surface area contributed by atoms with Crippen LogP contribution in [0.5, 0.6) is 0 Å². The second-order valence-corrected chi connectivity index (χ2v) is 17.6. The summed E-state index contributed by atoms with van der Waals surface area (Å²) in [7, 11) is 0. The van der Waals surface area contributed by atoms with Crippen LogP contribution in [0.2, 0.25) is 0 Å². The third-order valence-electron chi connectivity index (χ3n) is 12.5. The molecular weight excluding hydrogens is 701 g/mol. The fourth-order valence-electron chi connectivity index (χ4n) is 9.58. The Morgan fingerprint density at radius 2 is 0.879 bits per heavy atom. The first kappa shape index (κ1) is 37.2. The summed E-state index contributed by atoms with van der Waals surface area (Å²) in [5.41, 5.74) is 18.1. The van der Waals surface area contributed by atoms with Crippen LogP contribution in [0, 0.1) is 0 Å². The molecule has 0 fully saturated rings. The lowest BCUT2D eigenvalue weighted by molar-refractivity contribution is 0.533. The summed E-state index contributed by atoms with van der Waals surface area (Å²) in [6.45, 7) is 20.7. The quantitative estimate of drug-likeness (QED) is 0.128. The lowest BCUT2D eigenvalue weighted by Gasteiger charge is -2.35. The Morgan fingerprint density at radius 1 is 0.448 bits per heavy atom. The van der Waals surface area contributed by atoms with E-state index in [2.05, 4.69) is 227 Å². The number of anilines is 5. The van der Waals surface area contributed by atoms with Crippen molar-refractivity contribution in [2.75, 3.05) is 16.3 Å². The molecule has 0 radical (unpaired) electrons. The summed E-state index contributed by atoms with van der Waals surface area (Å²) in [6.07, 6.45) is 4.95. The molecule has 0 N–H and O–H groups in total. The maximum absolute atomic E-state index is 4.19. The van der Waals surface area contributed by atoms with Crippen LogP contribution in [0.25, 0.3) is 22.3 Å². The lowest BCUT2D eigenvalue weighted by Crippen LogP contribution is -2.28. The van der Waals surface area contributed by atoms with E-state index in [1.807, 2.05) is 6.08 Å². The summed E-state index contributed by atoms with van der Waals surface area (Å²) >= 11 is 0. The Hall–Kier alpha value is -6.38. The fourth-order valence-corrected chi connectivity index (χ4v) is 9.58. The van der Waals surface area contributed by atoms with Gasteiger partial charge in [0.05, 0.1) is 5.41 Å². The van der Waals surface area contributed by atoms with Gasteiger partial charge in [0.1, 0.15) is 0 Å². The van der Waals surface area contributed by atoms with Crippen molar-refractivity contribution in [1.29, 1.82) is 0 Å². The zero-order chi connectivity index (χ0) is 40.2. The van der Waals surface area contributed by atoms with Crippen molar-refractivity contribution >= 4 is 28.4 Å². The Labute approximate surface area is 345 Å². The number of hydrogen-bond acceptors (Lipinski definition) is 2. The second-order valence-electron chi connectivity index (χ2n) is 17.6. The molecule has 2 heteroatoms. The van der Waals surface area contributed by atoms with E-state index in [0.717, 1.165) is 34.9 Å². The zero-order valence-electron chi connectivity index (χ0n) is 34.5. The van der Waals surface area contributed by atoms with E-state index in [1.165, 1.54) is 55.6 Å². The largest absolute Gasteiger partial charge is 0.338 e. The van der Waals surface area contributed by atoms with Gasteiger partial charge in [0.15, 0.2) is 0 Å². The van der Waals surface area contributed by atoms with Crippen LogP contribution in [0.3, 0.4) is 0 Å². The first-order valence-electron chi connectivity index (χ1n) is 20.6. The summed E-state index contributed by atoms with van der Waals surface area (Å²) in [5, 5.41) is 0. The Kier molecular flexibility index (Phi) is 9.12. The lowest BCUT2D eigenvalue weighted by atomic mass is 9.68. The maximum atomic E-state index is 4.19. The SMILES string of the molecule is C=CCN(c1ccccc1)c1ccc2c(c1)C1(c3cc(N(c4ccccc4)c4ccccc4)ccc3-2)c2cc(C(C)(C)C)ccc2-c2ccc(C(C)(C)CC=C)cc21. The normalized spacial score (nSPS) is 15.0. The van der Waals surface area contributed by atoms with Crippen molar-refractivity contribution in [3.05, 3.63) is 222 Å². The molecule has 7 aromatic carbocycles. The molecule has 286 valence electrons. The van der Waals surface area contributed by atoms with E-state index in [0.29, 0.717) is 6.54 Å². The molecule has 9 rings (SSSR count).